The normalized spacial score (nSPS) is 10.5. The van der Waals surface area contributed by atoms with Crippen LogP contribution in [-0.2, 0) is 0 Å². The van der Waals surface area contributed by atoms with Gasteiger partial charge >= 0.3 is 6.61 Å². The number of anilines is 1. The average molecular weight is 451 g/mol. The summed E-state index contributed by atoms with van der Waals surface area (Å²) in [6.45, 7) is -2.97. The van der Waals surface area contributed by atoms with E-state index in [1.54, 1.807) is 12.1 Å². The van der Waals surface area contributed by atoms with Gasteiger partial charge in [-0.25, -0.2) is 0 Å². The Bertz CT molecular complexity index is 726. The minimum absolute atomic E-state index is 0.0475. The highest BCUT2D eigenvalue weighted by atomic mass is 79.9. The quantitative estimate of drug-likeness (QED) is 0.691. The molecule has 0 atom stereocenters. The van der Waals surface area contributed by atoms with E-state index in [1.165, 1.54) is 25.3 Å². The summed E-state index contributed by atoms with van der Waals surface area (Å²) in [5.74, 6) is -0.500. The number of amides is 1. The number of benzene rings is 2. The molecule has 0 aliphatic heterocycles. The van der Waals surface area contributed by atoms with Crippen LogP contribution in [0.4, 0.5) is 14.5 Å². The summed E-state index contributed by atoms with van der Waals surface area (Å²) < 4.78 is 35.4. The first-order chi connectivity index (χ1) is 10.9. The molecule has 0 spiro atoms. The van der Waals surface area contributed by atoms with E-state index in [-0.39, 0.29) is 17.1 Å². The second-order valence-electron chi connectivity index (χ2n) is 4.32. The Morgan fingerprint density at radius 3 is 2.52 bits per heavy atom. The zero-order valence-electron chi connectivity index (χ0n) is 11.8. The second-order valence-corrected chi connectivity index (χ2v) is 6.09. The van der Waals surface area contributed by atoms with Gasteiger partial charge in [0.2, 0.25) is 0 Å². The molecule has 2 aromatic carbocycles. The number of ether oxygens (including phenoxy) is 2. The molecular formula is C15H11Br2F2NO3. The lowest BCUT2D eigenvalue weighted by Gasteiger charge is -2.12. The van der Waals surface area contributed by atoms with Crippen molar-refractivity contribution in [2.45, 2.75) is 6.61 Å². The van der Waals surface area contributed by atoms with E-state index in [2.05, 4.69) is 41.9 Å². The van der Waals surface area contributed by atoms with Crippen LogP contribution in [-0.4, -0.2) is 19.6 Å². The van der Waals surface area contributed by atoms with Crippen molar-refractivity contribution < 1.29 is 23.0 Å². The molecular weight excluding hydrogens is 440 g/mol. The monoisotopic (exact) mass is 449 g/mol. The zero-order chi connectivity index (χ0) is 17.0. The molecule has 0 heterocycles. The van der Waals surface area contributed by atoms with Gasteiger partial charge in [0.15, 0.2) is 11.5 Å². The SMILES string of the molecule is COc1cc(C(=O)Nc2cc(Br)ccc2Br)ccc1OC(F)F. The Labute approximate surface area is 148 Å². The summed E-state index contributed by atoms with van der Waals surface area (Å²) in [5.41, 5.74) is 0.812. The van der Waals surface area contributed by atoms with Crippen LogP contribution >= 0.6 is 31.9 Å². The summed E-state index contributed by atoms with van der Waals surface area (Å²) in [5, 5.41) is 2.72. The Morgan fingerprint density at radius 2 is 1.87 bits per heavy atom. The number of nitrogens with one attached hydrogen (secondary N) is 1. The lowest BCUT2D eigenvalue weighted by Crippen LogP contribution is -2.13. The van der Waals surface area contributed by atoms with Crippen LogP contribution in [0.15, 0.2) is 45.3 Å². The van der Waals surface area contributed by atoms with Gasteiger partial charge in [0.1, 0.15) is 0 Å². The molecule has 0 saturated carbocycles. The van der Waals surface area contributed by atoms with Crippen LogP contribution in [0.3, 0.4) is 0 Å². The molecule has 0 aliphatic rings. The molecule has 1 N–H and O–H groups in total. The fourth-order valence-electron chi connectivity index (χ4n) is 1.79. The van der Waals surface area contributed by atoms with Gasteiger partial charge in [-0.15, -0.1) is 0 Å². The average Bonchev–Trinajstić information content (AvgIpc) is 2.50. The molecule has 0 bridgehead atoms. The molecule has 23 heavy (non-hydrogen) atoms. The van der Waals surface area contributed by atoms with Crippen molar-refractivity contribution in [2.24, 2.45) is 0 Å². The van der Waals surface area contributed by atoms with Gasteiger partial charge in [0.25, 0.3) is 5.91 Å². The van der Waals surface area contributed by atoms with Crippen LogP contribution < -0.4 is 14.8 Å². The fraction of sp³-hybridized carbons (Fsp3) is 0.133. The third-order valence-electron chi connectivity index (χ3n) is 2.82. The molecule has 8 heteroatoms. The highest BCUT2D eigenvalue weighted by molar-refractivity contribution is 9.11. The van der Waals surface area contributed by atoms with Crippen LogP contribution in [0.1, 0.15) is 10.4 Å². The maximum absolute atomic E-state index is 12.3. The van der Waals surface area contributed by atoms with Gasteiger partial charge in [0, 0.05) is 14.5 Å². The number of halogens is 4. The smallest absolute Gasteiger partial charge is 0.387 e. The molecule has 1 amide bonds. The molecule has 0 saturated heterocycles. The van der Waals surface area contributed by atoms with E-state index < -0.39 is 12.5 Å². The van der Waals surface area contributed by atoms with E-state index in [1.807, 2.05) is 6.07 Å². The number of hydrogen-bond donors (Lipinski definition) is 1. The van der Waals surface area contributed by atoms with Crippen molar-refractivity contribution >= 4 is 43.5 Å². The van der Waals surface area contributed by atoms with Crippen LogP contribution in [0, 0.1) is 0 Å². The number of methoxy groups -OCH3 is 1. The van der Waals surface area contributed by atoms with E-state index in [4.69, 9.17) is 4.74 Å². The Hall–Kier alpha value is -1.67. The Balaban J connectivity index is 2.24. The van der Waals surface area contributed by atoms with Crippen molar-refractivity contribution in [2.75, 3.05) is 12.4 Å². The fourth-order valence-corrected chi connectivity index (χ4v) is 2.50. The minimum atomic E-state index is -2.97. The molecule has 0 radical (unpaired) electrons. The third kappa shape index (κ3) is 4.65. The van der Waals surface area contributed by atoms with Gasteiger partial charge in [-0.1, -0.05) is 15.9 Å². The van der Waals surface area contributed by atoms with Gasteiger partial charge in [-0.3, -0.25) is 4.79 Å². The topological polar surface area (TPSA) is 47.6 Å². The number of carbonyl (C=O) groups is 1. The van der Waals surface area contributed by atoms with Gasteiger partial charge in [-0.2, -0.15) is 8.78 Å². The van der Waals surface area contributed by atoms with Crippen molar-refractivity contribution in [3.05, 3.63) is 50.9 Å². The van der Waals surface area contributed by atoms with E-state index in [0.717, 1.165) is 4.47 Å². The first-order valence-electron chi connectivity index (χ1n) is 6.30. The standard InChI is InChI=1S/C15H11Br2F2NO3/c1-22-13-6-8(2-5-12(13)23-15(18)19)14(21)20-11-7-9(16)3-4-10(11)17/h2-7,15H,1H3,(H,20,21). The van der Waals surface area contributed by atoms with Gasteiger partial charge in [-0.05, 0) is 52.3 Å². The summed E-state index contributed by atoms with van der Waals surface area (Å²) in [4.78, 5) is 12.3. The Morgan fingerprint density at radius 1 is 1.13 bits per heavy atom. The summed E-state index contributed by atoms with van der Waals surface area (Å²) >= 11 is 6.65. The van der Waals surface area contributed by atoms with Crippen LogP contribution in [0.5, 0.6) is 11.5 Å². The second kappa shape index (κ2) is 7.74. The maximum atomic E-state index is 12.3. The molecule has 122 valence electrons. The van der Waals surface area contributed by atoms with E-state index >= 15 is 0 Å². The van der Waals surface area contributed by atoms with Gasteiger partial charge < -0.3 is 14.8 Å². The van der Waals surface area contributed by atoms with Gasteiger partial charge in [0.05, 0.1) is 12.8 Å². The summed E-state index contributed by atoms with van der Waals surface area (Å²) in [6, 6.07) is 9.29. The van der Waals surface area contributed by atoms with Crippen LogP contribution in [0.25, 0.3) is 0 Å². The predicted octanol–water partition coefficient (Wildman–Crippen LogP) is 5.07. The molecule has 0 unspecified atom stereocenters. The number of alkyl halides is 2. The largest absolute Gasteiger partial charge is 0.493 e. The lowest BCUT2D eigenvalue weighted by molar-refractivity contribution is -0.0512. The van der Waals surface area contributed by atoms with Crippen LogP contribution in [0.2, 0.25) is 0 Å². The number of hydrogen-bond acceptors (Lipinski definition) is 3. The highest BCUT2D eigenvalue weighted by Gasteiger charge is 2.15. The van der Waals surface area contributed by atoms with Crippen molar-refractivity contribution in [3.8, 4) is 11.5 Å². The van der Waals surface area contributed by atoms with Crippen molar-refractivity contribution in [3.63, 3.8) is 0 Å². The zero-order valence-corrected chi connectivity index (χ0v) is 15.0. The number of carbonyl (C=O) groups excluding carboxylic acids is 1. The molecule has 2 rings (SSSR count). The third-order valence-corrected chi connectivity index (χ3v) is 4.00. The van der Waals surface area contributed by atoms with E-state index in [0.29, 0.717) is 10.2 Å². The predicted molar refractivity (Wildman–Crippen MR) is 89.4 cm³/mol. The van der Waals surface area contributed by atoms with Crippen molar-refractivity contribution in [1.82, 2.24) is 0 Å². The molecule has 4 nitrogen and oxygen atoms in total. The minimum Gasteiger partial charge on any atom is -0.493 e. The molecule has 0 aliphatic carbocycles. The number of rotatable bonds is 5. The summed E-state index contributed by atoms with van der Waals surface area (Å²) in [7, 11) is 1.31. The molecule has 2 aromatic rings. The highest BCUT2D eigenvalue weighted by Crippen LogP contribution is 2.31. The molecule has 0 fully saturated rings. The lowest BCUT2D eigenvalue weighted by atomic mass is 10.2. The maximum Gasteiger partial charge on any atom is 0.387 e. The summed E-state index contributed by atoms with van der Waals surface area (Å²) in [6.07, 6.45) is 0. The Kier molecular flexibility index (Phi) is 5.95. The first kappa shape index (κ1) is 17.7. The first-order valence-corrected chi connectivity index (χ1v) is 7.88. The van der Waals surface area contributed by atoms with E-state index in [9.17, 15) is 13.6 Å². The molecule has 0 aromatic heterocycles. The van der Waals surface area contributed by atoms with Crippen molar-refractivity contribution in [1.29, 1.82) is 0 Å².